The molecule has 1 aromatic heterocycles. The summed E-state index contributed by atoms with van der Waals surface area (Å²) in [5.41, 5.74) is -3.14. The highest BCUT2D eigenvalue weighted by molar-refractivity contribution is 5.96. The molecule has 246 valence electrons. The number of nitrogens with zero attached hydrogens (tertiary/aromatic N) is 3. The lowest BCUT2D eigenvalue weighted by Gasteiger charge is -2.24. The minimum Gasteiger partial charge on any atom is -0.467 e. The summed E-state index contributed by atoms with van der Waals surface area (Å²) >= 11 is 0. The fraction of sp³-hybridized carbons (Fsp3) is 0.375. The number of halogens is 3. The Labute approximate surface area is 263 Å². The van der Waals surface area contributed by atoms with Gasteiger partial charge in [0.1, 0.15) is 5.56 Å². The number of carbonyl (C=O) groups excluding carboxylic acids is 2. The molecule has 2 heterocycles. The predicted octanol–water partition coefficient (Wildman–Crippen LogP) is 3.34. The number of amides is 1. The molecule has 14 heteroatoms. The van der Waals surface area contributed by atoms with Crippen LogP contribution in [0, 0.1) is 6.92 Å². The van der Waals surface area contributed by atoms with Crippen molar-refractivity contribution >= 4 is 17.6 Å². The topological polar surface area (TPSA) is 124 Å². The molecule has 3 aromatic rings. The molecule has 2 aromatic carbocycles. The average molecular weight is 644 g/mol. The van der Waals surface area contributed by atoms with Gasteiger partial charge in [-0.1, -0.05) is 18.7 Å². The van der Waals surface area contributed by atoms with E-state index in [1.807, 2.05) is 4.90 Å². The van der Waals surface area contributed by atoms with Gasteiger partial charge in [0.2, 0.25) is 0 Å². The first kappa shape index (κ1) is 34.0. The van der Waals surface area contributed by atoms with Crippen LogP contribution >= 0.6 is 0 Å². The fourth-order valence-electron chi connectivity index (χ4n) is 4.91. The number of nitrogens with one attached hydrogen (secondary N) is 2. The Hall–Kier alpha value is -4.85. The first-order chi connectivity index (χ1) is 21.5. The van der Waals surface area contributed by atoms with Gasteiger partial charge in [-0.25, -0.2) is 9.59 Å². The van der Waals surface area contributed by atoms with Gasteiger partial charge in [0.25, 0.3) is 11.5 Å². The number of esters is 1. The molecule has 1 amide bonds. The van der Waals surface area contributed by atoms with Crippen molar-refractivity contribution in [1.82, 2.24) is 19.8 Å². The van der Waals surface area contributed by atoms with Crippen LogP contribution in [0.5, 0.6) is 0 Å². The Bertz CT molecular complexity index is 1760. The highest BCUT2D eigenvalue weighted by atomic mass is 19.4. The van der Waals surface area contributed by atoms with Gasteiger partial charge in [0.05, 0.1) is 42.9 Å². The predicted molar refractivity (Wildman–Crippen MR) is 165 cm³/mol. The zero-order valence-corrected chi connectivity index (χ0v) is 26.2. The van der Waals surface area contributed by atoms with Gasteiger partial charge in [-0.3, -0.25) is 18.7 Å². The molecule has 1 unspecified atom stereocenters. The van der Waals surface area contributed by atoms with Crippen molar-refractivity contribution in [3.63, 3.8) is 0 Å². The Morgan fingerprint density at radius 1 is 1.07 bits per heavy atom. The molecule has 0 bridgehead atoms. The van der Waals surface area contributed by atoms with E-state index in [9.17, 15) is 32.3 Å². The number of hydrogen-bond acceptors (Lipinski definition) is 8. The van der Waals surface area contributed by atoms with Gasteiger partial charge in [0.15, 0.2) is 6.04 Å². The number of ether oxygens (including phenoxy) is 2. The van der Waals surface area contributed by atoms with Gasteiger partial charge in [-0.15, -0.1) is 0 Å². The minimum atomic E-state index is -4.66. The van der Waals surface area contributed by atoms with E-state index in [0.717, 1.165) is 29.6 Å². The van der Waals surface area contributed by atoms with Crippen molar-refractivity contribution in [2.75, 3.05) is 31.7 Å². The Morgan fingerprint density at radius 2 is 1.72 bits per heavy atom. The maximum atomic E-state index is 13.8. The van der Waals surface area contributed by atoms with Crippen LogP contribution in [-0.2, 0) is 27.0 Å². The van der Waals surface area contributed by atoms with E-state index < -0.39 is 58.6 Å². The smallest absolute Gasteiger partial charge is 0.416 e. The molecule has 1 atom stereocenters. The number of methoxy groups -OCH3 is 1. The molecule has 4 rings (SSSR count). The van der Waals surface area contributed by atoms with E-state index in [2.05, 4.69) is 17.2 Å². The number of rotatable bonds is 9. The molecule has 1 aliphatic rings. The fourth-order valence-corrected chi connectivity index (χ4v) is 4.91. The van der Waals surface area contributed by atoms with Gasteiger partial charge >= 0.3 is 17.8 Å². The first-order valence-electron chi connectivity index (χ1n) is 14.4. The third-order valence-corrected chi connectivity index (χ3v) is 7.40. The van der Waals surface area contributed by atoms with E-state index in [0.29, 0.717) is 23.5 Å². The van der Waals surface area contributed by atoms with Crippen molar-refractivity contribution in [1.29, 1.82) is 0 Å². The molecule has 0 radical (unpaired) electrons. The third kappa shape index (κ3) is 7.50. The van der Waals surface area contributed by atoms with Crippen LogP contribution in [0.4, 0.5) is 18.9 Å². The largest absolute Gasteiger partial charge is 0.467 e. The van der Waals surface area contributed by atoms with E-state index in [1.54, 1.807) is 45.0 Å². The first-order valence-corrected chi connectivity index (χ1v) is 14.4. The average Bonchev–Trinajstić information content (AvgIpc) is 3.42. The van der Waals surface area contributed by atoms with Crippen LogP contribution < -0.4 is 26.8 Å². The van der Waals surface area contributed by atoms with Gasteiger partial charge in [0, 0.05) is 25.0 Å². The molecule has 0 saturated carbocycles. The summed E-state index contributed by atoms with van der Waals surface area (Å²) in [5, 5.41) is 5.56. The van der Waals surface area contributed by atoms with Crippen LogP contribution in [0.2, 0.25) is 0 Å². The lowest BCUT2D eigenvalue weighted by Crippen LogP contribution is -2.49. The van der Waals surface area contributed by atoms with E-state index in [4.69, 9.17) is 9.47 Å². The van der Waals surface area contributed by atoms with Crippen LogP contribution in [0.25, 0.3) is 5.69 Å². The lowest BCUT2D eigenvalue weighted by molar-refractivity contribution is -0.146. The van der Waals surface area contributed by atoms with Crippen molar-refractivity contribution in [3.05, 3.63) is 104 Å². The third-order valence-electron chi connectivity index (χ3n) is 7.40. The van der Waals surface area contributed by atoms with E-state index >= 15 is 0 Å². The number of carbonyl (C=O) groups is 2. The lowest BCUT2D eigenvalue weighted by atomic mass is 10.0. The number of benzene rings is 2. The second kappa shape index (κ2) is 13.3. The van der Waals surface area contributed by atoms with Gasteiger partial charge in [-0.05, 0) is 69.2 Å². The SMILES string of the molecule is C=C1NCCN1c1ccc(-n2cc(C(=O)NC(COC(C)(C)C)C(=O)OC)c(=O)n(Cc3cccc(C(F)(F)F)c3C)c2=O)cc1. The summed E-state index contributed by atoms with van der Waals surface area (Å²) in [6, 6.07) is 8.80. The van der Waals surface area contributed by atoms with Crippen LogP contribution in [0.1, 0.15) is 47.8 Å². The van der Waals surface area contributed by atoms with Crippen molar-refractivity contribution < 1.29 is 32.2 Å². The zero-order chi connectivity index (χ0) is 34.0. The molecule has 11 nitrogen and oxygen atoms in total. The van der Waals surface area contributed by atoms with Crippen molar-refractivity contribution in [3.8, 4) is 5.69 Å². The maximum absolute atomic E-state index is 13.8. The van der Waals surface area contributed by atoms with Crippen LogP contribution in [-0.4, -0.2) is 59.5 Å². The summed E-state index contributed by atoms with van der Waals surface area (Å²) in [6.45, 7) is 11.0. The molecule has 46 heavy (non-hydrogen) atoms. The minimum absolute atomic E-state index is 0.0551. The zero-order valence-electron chi connectivity index (χ0n) is 26.2. The molecule has 2 N–H and O–H groups in total. The number of hydrogen-bond donors (Lipinski definition) is 2. The van der Waals surface area contributed by atoms with Crippen LogP contribution in [0.3, 0.4) is 0 Å². The molecule has 0 spiro atoms. The highest BCUT2D eigenvalue weighted by Gasteiger charge is 2.33. The second-order valence-electron chi connectivity index (χ2n) is 11.7. The summed E-state index contributed by atoms with van der Waals surface area (Å²) in [6.07, 6.45) is -3.62. The Morgan fingerprint density at radius 3 is 2.28 bits per heavy atom. The second-order valence-corrected chi connectivity index (χ2v) is 11.7. The van der Waals surface area contributed by atoms with E-state index in [1.165, 1.54) is 19.1 Å². The van der Waals surface area contributed by atoms with Crippen molar-refractivity contribution in [2.45, 2.75) is 52.1 Å². The summed E-state index contributed by atoms with van der Waals surface area (Å²) in [5.74, 6) is -1.15. The summed E-state index contributed by atoms with van der Waals surface area (Å²) in [7, 11) is 1.13. The van der Waals surface area contributed by atoms with Gasteiger partial charge < -0.3 is 25.0 Å². The van der Waals surface area contributed by atoms with Gasteiger partial charge in [-0.2, -0.15) is 13.2 Å². The molecule has 0 aliphatic carbocycles. The number of alkyl halides is 3. The summed E-state index contributed by atoms with van der Waals surface area (Å²) in [4.78, 5) is 55.5. The highest BCUT2D eigenvalue weighted by Crippen LogP contribution is 2.33. The number of aromatic nitrogens is 2. The Kier molecular flexibility index (Phi) is 9.80. The molecule has 1 aliphatic heterocycles. The van der Waals surface area contributed by atoms with Crippen LogP contribution in [0.15, 0.2) is 70.7 Å². The monoisotopic (exact) mass is 643 g/mol. The van der Waals surface area contributed by atoms with E-state index in [-0.39, 0.29) is 23.4 Å². The number of anilines is 1. The quantitative estimate of drug-likeness (QED) is 0.341. The molecular weight excluding hydrogens is 607 g/mol. The Balaban J connectivity index is 1.82. The normalized spacial score (nSPS) is 14.2. The standard InChI is InChI=1S/C32H36F3N5O6/c1-19-21(8-7-9-25(19)32(33,34)35)16-40-28(42)24(27(41)37-26(29(43)45-6)18-46-31(3,4)5)17-39(30(40)44)23-12-10-22(11-13-23)38-15-14-36-20(38)2/h7-13,17,26,36H,2,14-16,18H2,1,3-6H3,(H,37,41). The maximum Gasteiger partial charge on any atom is 0.416 e. The molecule has 1 fully saturated rings. The summed E-state index contributed by atoms with van der Waals surface area (Å²) < 4.78 is 53.2. The molecule has 1 saturated heterocycles. The van der Waals surface area contributed by atoms with Crippen molar-refractivity contribution in [2.24, 2.45) is 0 Å². The molecular formula is C32H36F3N5O6.